The first-order valence-electron chi connectivity index (χ1n) is 7.10. The number of carbonyl (C=O) groups excluding carboxylic acids is 1. The molecule has 0 unspecified atom stereocenters. The second-order valence-corrected chi connectivity index (χ2v) is 5.34. The summed E-state index contributed by atoms with van der Waals surface area (Å²) in [6, 6.07) is 10.6. The Labute approximate surface area is 142 Å². The Hall–Kier alpha value is -2.86. The van der Waals surface area contributed by atoms with E-state index in [1.165, 1.54) is 12.2 Å². The van der Waals surface area contributed by atoms with Gasteiger partial charge in [0.15, 0.2) is 6.61 Å². The van der Waals surface area contributed by atoms with Crippen LogP contribution in [-0.2, 0) is 16.1 Å². The Bertz CT molecular complexity index is 865. The van der Waals surface area contributed by atoms with Gasteiger partial charge in [0.25, 0.3) is 5.89 Å². The molecule has 7 heteroatoms. The molecular weight excluding hydrogens is 332 g/mol. The number of benzene rings is 1. The number of aryl methyl sites for hydroxylation is 1. The van der Waals surface area contributed by atoms with Crippen LogP contribution in [0, 0.1) is 6.92 Å². The molecule has 2 aromatic heterocycles. The minimum Gasteiger partial charge on any atom is -0.462 e. The standard InChI is InChI=1S/C17H13ClN2O4/c1-11-2-7-14(23-11)8-9-16(21)22-10-15-19-17(20-24-15)12-3-5-13(18)6-4-12/h2-9H,10H2,1H3/b9-8+. The SMILES string of the molecule is Cc1ccc(/C=C/C(=O)OCc2nc(-c3ccc(Cl)cc3)no2)o1. The number of furan rings is 1. The van der Waals surface area contributed by atoms with E-state index >= 15 is 0 Å². The van der Waals surface area contributed by atoms with Crippen molar-refractivity contribution in [1.29, 1.82) is 0 Å². The lowest BCUT2D eigenvalue weighted by Gasteiger charge is -1.96. The van der Waals surface area contributed by atoms with Gasteiger partial charge in [0.1, 0.15) is 11.5 Å². The van der Waals surface area contributed by atoms with Crippen molar-refractivity contribution in [2.75, 3.05) is 0 Å². The van der Waals surface area contributed by atoms with E-state index in [1.54, 1.807) is 30.3 Å². The fourth-order valence-corrected chi connectivity index (χ4v) is 2.03. The van der Waals surface area contributed by atoms with Gasteiger partial charge in [-0.2, -0.15) is 4.98 Å². The summed E-state index contributed by atoms with van der Waals surface area (Å²) in [5.74, 6) is 1.42. The molecule has 0 saturated heterocycles. The molecule has 0 saturated carbocycles. The van der Waals surface area contributed by atoms with Crippen LogP contribution in [0.25, 0.3) is 17.5 Å². The van der Waals surface area contributed by atoms with Gasteiger partial charge in [0.05, 0.1) is 0 Å². The van der Waals surface area contributed by atoms with Gasteiger partial charge in [-0.05, 0) is 49.4 Å². The first-order chi connectivity index (χ1) is 11.6. The summed E-state index contributed by atoms with van der Waals surface area (Å²) in [6.45, 7) is 1.71. The molecule has 0 aliphatic carbocycles. The lowest BCUT2D eigenvalue weighted by molar-refractivity contribution is -0.139. The molecule has 3 rings (SSSR count). The van der Waals surface area contributed by atoms with Crippen molar-refractivity contribution < 1.29 is 18.5 Å². The third-order valence-electron chi connectivity index (χ3n) is 3.05. The zero-order valence-electron chi connectivity index (χ0n) is 12.7. The molecule has 3 aromatic rings. The van der Waals surface area contributed by atoms with Crippen LogP contribution >= 0.6 is 11.6 Å². The maximum atomic E-state index is 11.7. The van der Waals surface area contributed by atoms with E-state index in [-0.39, 0.29) is 12.5 Å². The van der Waals surface area contributed by atoms with Crippen LogP contribution in [-0.4, -0.2) is 16.1 Å². The van der Waals surface area contributed by atoms with Crippen molar-refractivity contribution in [1.82, 2.24) is 10.1 Å². The molecule has 0 spiro atoms. The van der Waals surface area contributed by atoms with Crippen molar-refractivity contribution in [2.24, 2.45) is 0 Å². The van der Waals surface area contributed by atoms with E-state index in [2.05, 4.69) is 10.1 Å². The first kappa shape index (κ1) is 16.0. The molecule has 122 valence electrons. The van der Waals surface area contributed by atoms with Crippen molar-refractivity contribution in [3.63, 3.8) is 0 Å². The van der Waals surface area contributed by atoms with Crippen molar-refractivity contribution in [3.8, 4) is 11.4 Å². The van der Waals surface area contributed by atoms with Crippen LogP contribution in [0.2, 0.25) is 5.02 Å². The van der Waals surface area contributed by atoms with Crippen LogP contribution in [0.1, 0.15) is 17.4 Å². The van der Waals surface area contributed by atoms with Gasteiger partial charge in [0, 0.05) is 16.7 Å². The fourth-order valence-electron chi connectivity index (χ4n) is 1.90. The maximum Gasteiger partial charge on any atom is 0.331 e. The minimum absolute atomic E-state index is 0.110. The number of ether oxygens (including phenoxy) is 1. The monoisotopic (exact) mass is 344 g/mol. The van der Waals surface area contributed by atoms with Crippen molar-refractivity contribution in [3.05, 3.63) is 64.9 Å². The second-order valence-electron chi connectivity index (χ2n) is 4.91. The predicted molar refractivity (Wildman–Crippen MR) is 87.0 cm³/mol. The van der Waals surface area contributed by atoms with Crippen molar-refractivity contribution >= 4 is 23.6 Å². The number of carbonyl (C=O) groups is 1. The van der Waals surface area contributed by atoms with Gasteiger partial charge in [-0.3, -0.25) is 0 Å². The molecule has 0 aliphatic heterocycles. The lowest BCUT2D eigenvalue weighted by Crippen LogP contribution is -2.00. The Morgan fingerprint density at radius 3 is 2.75 bits per heavy atom. The molecule has 24 heavy (non-hydrogen) atoms. The number of hydrogen-bond donors (Lipinski definition) is 0. The molecule has 0 N–H and O–H groups in total. The van der Waals surface area contributed by atoms with Gasteiger partial charge < -0.3 is 13.7 Å². The Balaban J connectivity index is 1.56. The highest BCUT2D eigenvalue weighted by Crippen LogP contribution is 2.18. The van der Waals surface area contributed by atoms with E-state index in [4.69, 9.17) is 25.3 Å². The van der Waals surface area contributed by atoms with Gasteiger partial charge in [-0.1, -0.05) is 16.8 Å². The molecule has 1 aromatic carbocycles. The lowest BCUT2D eigenvalue weighted by atomic mass is 10.2. The zero-order valence-corrected chi connectivity index (χ0v) is 13.5. The summed E-state index contributed by atoms with van der Waals surface area (Å²) in [6.07, 6.45) is 2.80. The molecule has 0 atom stereocenters. The smallest absolute Gasteiger partial charge is 0.331 e. The summed E-state index contributed by atoms with van der Waals surface area (Å²) >= 11 is 5.83. The van der Waals surface area contributed by atoms with E-state index < -0.39 is 5.97 Å². The van der Waals surface area contributed by atoms with Gasteiger partial charge >= 0.3 is 5.97 Å². The molecule has 0 radical (unpaired) electrons. The van der Waals surface area contributed by atoms with Gasteiger partial charge in [0.2, 0.25) is 5.82 Å². The van der Waals surface area contributed by atoms with E-state index in [1.807, 2.05) is 13.0 Å². The molecule has 0 bridgehead atoms. The highest BCUT2D eigenvalue weighted by atomic mass is 35.5. The van der Waals surface area contributed by atoms with Crippen LogP contribution in [0.15, 0.2) is 51.4 Å². The first-order valence-corrected chi connectivity index (χ1v) is 7.48. The third-order valence-corrected chi connectivity index (χ3v) is 3.31. The minimum atomic E-state index is -0.532. The number of nitrogens with zero attached hydrogens (tertiary/aromatic N) is 2. The fraction of sp³-hybridized carbons (Fsp3) is 0.118. The average Bonchev–Trinajstić information content (AvgIpc) is 3.21. The van der Waals surface area contributed by atoms with Crippen LogP contribution in [0.4, 0.5) is 0 Å². The highest BCUT2D eigenvalue weighted by Gasteiger charge is 2.10. The number of halogens is 1. The van der Waals surface area contributed by atoms with E-state index in [0.717, 1.165) is 11.3 Å². The Morgan fingerprint density at radius 2 is 2.04 bits per heavy atom. The topological polar surface area (TPSA) is 78.4 Å². The number of esters is 1. The quantitative estimate of drug-likeness (QED) is 0.513. The average molecular weight is 345 g/mol. The Morgan fingerprint density at radius 1 is 1.25 bits per heavy atom. The van der Waals surface area contributed by atoms with Crippen molar-refractivity contribution in [2.45, 2.75) is 13.5 Å². The molecule has 0 aliphatic rings. The summed E-state index contributed by atoms with van der Waals surface area (Å²) in [5.41, 5.74) is 0.758. The third kappa shape index (κ3) is 4.11. The zero-order chi connectivity index (χ0) is 16.9. The number of aromatic nitrogens is 2. The van der Waals surface area contributed by atoms with E-state index in [0.29, 0.717) is 16.6 Å². The van der Waals surface area contributed by atoms with Crippen LogP contribution < -0.4 is 0 Å². The summed E-state index contributed by atoms with van der Waals surface area (Å²) in [7, 11) is 0. The van der Waals surface area contributed by atoms with Gasteiger partial charge in [-0.25, -0.2) is 4.79 Å². The van der Waals surface area contributed by atoms with Crippen LogP contribution in [0.3, 0.4) is 0 Å². The largest absolute Gasteiger partial charge is 0.462 e. The Kier molecular flexibility index (Phi) is 4.77. The highest BCUT2D eigenvalue weighted by molar-refractivity contribution is 6.30. The number of rotatable bonds is 5. The summed E-state index contributed by atoms with van der Waals surface area (Å²) < 4.78 is 15.4. The molecule has 0 fully saturated rings. The predicted octanol–water partition coefficient (Wildman–Crippen LogP) is 4.05. The maximum absolute atomic E-state index is 11.7. The van der Waals surface area contributed by atoms with Gasteiger partial charge in [-0.15, -0.1) is 0 Å². The van der Waals surface area contributed by atoms with E-state index in [9.17, 15) is 4.79 Å². The second kappa shape index (κ2) is 7.14. The van der Waals surface area contributed by atoms with Crippen LogP contribution in [0.5, 0.6) is 0 Å². The molecular formula is C17H13ClN2O4. The summed E-state index contributed by atoms with van der Waals surface area (Å²) in [5, 5.41) is 4.46. The molecule has 2 heterocycles. The number of hydrogen-bond acceptors (Lipinski definition) is 6. The molecule has 6 nitrogen and oxygen atoms in total. The normalized spacial score (nSPS) is 11.1. The molecule has 0 amide bonds. The summed E-state index contributed by atoms with van der Waals surface area (Å²) in [4.78, 5) is 15.8.